The van der Waals surface area contributed by atoms with Crippen molar-refractivity contribution < 1.29 is 9.90 Å². The molecule has 3 bridgehead atoms. The highest BCUT2D eigenvalue weighted by atomic mass is 16.4. The van der Waals surface area contributed by atoms with Gasteiger partial charge in [0.1, 0.15) is 6.04 Å². The average molecular weight is 209 g/mol. The molecule has 0 radical (unpaired) electrons. The zero-order chi connectivity index (χ0) is 10.7. The molecular weight excluding hydrogens is 190 g/mol. The predicted octanol–water partition coefficient (Wildman–Crippen LogP) is 1.76. The molecule has 1 spiro atoms. The molecule has 3 N–H and O–H groups in total. The molecule has 4 aliphatic rings. The Hall–Kier alpha value is -0.570. The summed E-state index contributed by atoms with van der Waals surface area (Å²) in [6.07, 6.45) is 8.56. The van der Waals surface area contributed by atoms with Crippen molar-refractivity contribution in [3.8, 4) is 0 Å². The van der Waals surface area contributed by atoms with Crippen molar-refractivity contribution >= 4 is 5.97 Å². The molecule has 0 aromatic rings. The van der Waals surface area contributed by atoms with E-state index in [9.17, 15) is 4.79 Å². The van der Waals surface area contributed by atoms with E-state index in [1.807, 2.05) is 0 Å². The summed E-state index contributed by atoms with van der Waals surface area (Å²) in [6.45, 7) is 0. The number of carboxylic acid groups (broad SMARTS) is 1. The van der Waals surface area contributed by atoms with Gasteiger partial charge < -0.3 is 10.8 Å². The summed E-state index contributed by atoms with van der Waals surface area (Å²) in [5.41, 5.74) is 6.34. The third kappa shape index (κ3) is 1.19. The molecule has 4 rings (SSSR count). The highest BCUT2D eigenvalue weighted by Gasteiger charge is 2.63. The Kier molecular flexibility index (Phi) is 1.77. The van der Waals surface area contributed by atoms with Crippen LogP contribution in [0.25, 0.3) is 0 Å². The SMILES string of the molecule is NC(C(=O)O)C12CC3CCCC(C3)(C1)C2. The van der Waals surface area contributed by atoms with Crippen molar-refractivity contribution in [2.75, 3.05) is 0 Å². The number of rotatable bonds is 2. The number of carbonyl (C=O) groups is 1. The van der Waals surface area contributed by atoms with Crippen LogP contribution in [0.2, 0.25) is 0 Å². The number of hydrogen-bond donors (Lipinski definition) is 2. The Morgan fingerprint density at radius 3 is 2.73 bits per heavy atom. The quantitative estimate of drug-likeness (QED) is 0.728. The summed E-state index contributed by atoms with van der Waals surface area (Å²) in [7, 11) is 0. The van der Waals surface area contributed by atoms with Gasteiger partial charge in [-0.25, -0.2) is 0 Å². The maximum atomic E-state index is 11.0. The van der Waals surface area contributed by atoms with Gasteiger partial charge in [-0.3, -0.25) is 4.79 Å². The van der Waals surface area contributed by atoms with E-state index in [0.717, 1.165) is 25.2 Å². The topological polar surface area (TPSA) is 63.3 Å². The van der Waals surface area contributed by atoms with E-state index in [1.165, 1.54) is 25.7 Å². The lowest BCUT2D eigenvalue weighted by atomic mass is 9.38. The average Bonchev–Trinajstić information content (AvgIpc) is 2.13. The standard InChI is InChI=1S/C12H19NO2/c13-9(10(14)15)12-5-8-2-1-3-11(4-8,6-12)7-12/h8-9H,1-7,13H2,(H,14,15). The van der Waals surface area contributed by atoms with Gasteiger partial charge >= 0.3 is 5.97 Å². The molecule has 0 heterocycles. The summed E-state index contributed by atoms with van der Waals surface area (Å²) in [6, 6.07) is -0.619. The summed E-state index contributed by atoms with van der Waals surface area (Å²) in [4.78, 5) is 11.0. The van der Waals surface area contributed by atoms with Gasteiger partial charge in [-0.2, -0.15) is 0 Å². The van der Waals surface area contributed by atoms with E-state index in [-0.39, 0.29) is 5.41 Å². The van der Waals surface area contributed by atoms with E-state index in [0.29, 0.717) is 5.41 Å². The van der Waals surface area contributed by atoms with Crippen LogP contribution in [0.5, 0.6) is 0 Å². The van der Waals surface area contributed by atoms with Crippen LogP contribution in [0.3, 0.4) is 0 Å². The molecule has 3 nitrogen and oxygen atoms in total. The number of nitrogens with two attached hydrogens (primary N) is 1. The summed E-state index contributed by atoms with van der Waals surface area (Å²) in [5, 5.41) is 9.06. The van der Waals surface area contributed by atoms with Crippen molar-refractivity contribution in [2.45, 2.75) is 51.0 Å². The maximum absolute atomic E-state index is 11.0. The largest absolute Gasteiger partial charge is 0.480 e. The maximum Gasteiger partial charge on any atom is 0.321 e. The lowest BCUT2D eigenvalue weighted by Crippen LogP contribution is -2.64. The lowest BCUT2D eigenvalue weighted by Gasteiger charge is -2.66. The van der Waals surface area contributed by atoms with Gasteiger partial charge in [0, 0.05) is 0 Å². The zero-order valence-corrected chi connectivity index (χ0v) is 9.04. The second kappa shape index (κ2) is 2.76. The number of hydrogen-bond acceptors (Lipinski definition) is 2. The third-order valence-electron chi connectivity index (χ3n) is 5.12. The smallest absolute Gasteiger partial charge is 0.321 e. The second-order valence-corrected chi connectivity index (χ2v) is 6.20. The monoisotopic (exact) mass is 209 g/mol. The zero-order valence-electron chi connectivity index (χ0n) is 9.04. The molecule has 84 valence electrons. The summed E-state index contributed by atoms with van der Waals surface area (Å²) < 4.78 is 0. The van der Waals surface area contributed by atoms with Crippen LogP contribution in [0.1, 0.15) is 44.9 Å². The van der Waals surface area contributed by atoms with Crippen molar-refractivity contribution in [1.29, 1.82) is 0 Å². The van der Waals surface area contributed by atoms with Crippen LogP contribution in [-0.4, -0.2) is 17.1 Å². The molecule has 0 aliphatic heterocycles. The number of carboxylic acids is 1. The fraction of sp³-hybridized carbons (Fsp3) is 0.917. The van der Waals surface area contributed by atoms with Gasteiger partial charge in [-0.15, -0.1) is 0 Å². The molecule has 4 fully saturated rings. The third-order valence-corrected chi connectivity index (χ3v) is 5.12. The predicted molar refractivity (Wildman–Crippen MR) is 56.3 cm³/mol. The van der Waals surface area contributed by atoms with Gasteiger partial charge in [-0.1, -0.05) is 12.8 Å². The molecule has 15 heavy (non-hydrogen) atoms. The Morgan fingerprint density at radius 2 is 2.13 bits per heavy atom. The van der Waals surface area contributed by atoms with E-state index in [4.69, 9.17) is 10.8 Å². The summed E-state index contributed by atoms with van der Waals surface area (Å²) >= 11 is 0. The molecule has 4 saturated carbocycles. The van der Waals surface area contributed by atoms with Crippen molar-refractivity contribution in [2.24, 2.45) is 22.5 Å². The van der Waals surface area contributed by atoms with E-state index >= 15 is 0 Å². The first-order valence-electron chi connectivity index (χ1n) is 6.04. The Bertz CT molecular complexity index is 301. The van der Waals surface area contributed by atoms with Crippen LogP contribution < -0.4 is 5.73 Å². The first-order chi connectivity index (χ1) is 7.05. The van der Waals surface area contributed by atoms with Crippen LogP contribution in [0.4, 0.5) is 0 Å². The lowest BCUT2D eigenvalue weighted by molar-refractivity contribution is -0.175. The normalized spacial score (nSPS) is 49.3. The minimum absolute atomic E-state index is 0.0326. The van der Waals surface area contributed by atoms with Crippen molar-refractivity contribution in [3.63, 3.8) is 0 Å². The molecule has 3 heteroatoms. The highest BCUT2D eigenvalue weighted by Crippen LogP contribution is 2.70. The molecular formula is C12H19NO2. The van der Waals surface area contributed by atoms with Gasteiger partial charge in [0.15, 0.2) is 0 Å². The van der Waals surface area contributed by atoms with E-state index < -0.39 is 12.0 Å². The minimum Gasteiger partial charge on any atom is -0.480 e. The molecule has 4 aliphatic carbocycles. The van der Waals surface area contributed by atoms with Gasteiger partial charge in [0.25, 0.3) is 0 Å². The molecule has 0 aromatic heterocycles. The van der Waals surface area contributed by atoms with E-state index in [2.05, 4.69) is 0 Å². The van der Waals surface area contributed by atoms with Crippen molar-refractivity contribution in [3.05, 3.63) is 0 Å². The highest BCUT2D eigenvalue weighted by molar-refractivity contribution is 5.74. The van der Waals surface area contributed by atoms with Crippen LogP contribution >= 0.6 is 0 Å². The Balaban J connectivity index is 1.84. The molecule has 0 saturated heterocycles. The van der Waals surface area contributed by atoms with Crippen molar-refractivity contribution in [1.82, 2.24) is 0 Å². The first-order valence-corrected chi connectivity index (χ1v) is 6.04. The fourth-order valence-corrected chi connectivity index (χ4v) is 4.85. The van der Waals surface area contributed by atoms with Gasteiger partial charge in [0.2, 0.25) is 0 Å². The Morgan fingerprint density at radius 1 is 1.40 bits per heavy atom. The van der Waals surface area contributed by atoms with Crippen LogP contribution in [0.15, 0.2) is 0 Å². The minimum atomic E-state index is -0.801. The first kappa shape index (κ1) is 9.64. The van der Waals surface area contributed by atoms with Crippen LogP contribution in [0, 0.1) is 16.7 Å². The van der Waals surface area contributed by atoms with Crippen LogP contribution in [-0.2, 0) is 4.79 Å². The second-order valence-electron chi connectivity index (χ2n) is 6.20. The van der Waals surface area contributed by atoms with Gasteiger partial charge in [0.05, 0.1) is 0 Å². The summed E-state index contributed by atoms with van der Waals surface area (Å²) in [5.74, 6) is -0.0310. The number of aliphatic carboxylic acids is 1. The molecule has 2 unspecified atom stereocenters. The Labute approximate surface area is 90.0 Å². The molecule has 2 atom stereocenters. The molecule has 0 aromatic carbocycles. The molecule has 0 amide bonds. The van der Waals surface area contributed by atoms with E-state index in [1.54, 1.807) is 0 Å². The fourth-order valence-electron chi connectivity index (χ4n) is 4.85. The van der Waals surface area contributed by atoms with Gasteiger partial charge in [-0.05, 0) is 48.9 Å².